The summed E-state index contributed by atoms with van der Waals surface area (Å²) >= 11 is 1.61. The second-order valence-corrected chi connectivity index (χ2v) is 16.5. The number of aryl methyl sites for hydroxylation is 1. The van der Waals surface area contributed by atoms with E-state index < -0.39 is 12.0 Å². The van der Waals surface area contributed by atoms with Crippen LogP contribution in [0.4, 0.5) is 5.95 Å². The van der Waals surface area contributed by atoms with Crippen LogP contribution in [-0.4, -0.2) is 76.2 Å². The number of para-hydroxylation sites is 1. The van der Waals surface area contributed by atoms with E-state index in [1.54, 1.807) is 46.8 Å². The van der Waals surface area contributed by atoms with Crippen molar-refractivity contribution in [3.63, 3.8) is 0 Å². The van der Waals surface area contributed by atoms with Crippen LogP contribution >= 0.6 is 11.3 Å². The number of aromatic hydroxyl groups is 1. The third kappa shape index (κ3) is 7.30. The Balaban J connectivity index is 0.868. The van der Waals surface area contributed by atoms with Crippen molar-refractivity contribution in [3.05, 3.63) is 107 Å². The Morgan fingerprint density at radius 3 is 2.51 bits per heavy atom. The van der Waals surface area contributed by atoms with Crippen molar-refractivity contribution >= 4 is 40.1 Å². The van der Waals surface area contributed by atoms with Crippen molar-refractivity contribution in [3.8, 4) is 38.7 Å². The van der Waals surface area contributed by atoms with E-state index in [4.69, 9.17) is 14.5 Å². The zero-order chi connectivity index (χ0) is 40.8. The molecule has 1 saturated heterocycles. The highest BCUT2D eigenvalue weighted by Gasteiger charge is 2.40. The summed E-state index contributed by atoms with van der Waals surface area (Å²) in [7, 11) is 0. The van der Waals surface area contributed by atoms with E-state index in [0.717, 1.165) is 51.2 Å². The number of phenols is 1. The van der Waals surface area contributed by atoms with Crippen LogP contribution in [0.3, 0.4) is 0 Å². The van der Waals surface area contributed by atoms with Crippen LogP contribution in [0.1, 0.15) is 73.8 Å². The molecule has 7 heterocycles. The molecule has 0 bridgehead atoms. The number of likely N-dealkylation sites (tertiary alicyclic amines) is 1. The number of phenolic OH excluding ortho intramolecular Hbond substituents is 1. The van der Waals surface area contributed by atoms with Crippen LogP contribution in [0.5, 0.6) is 5.75 Å². The Morgan fingerprint density at radius 2 is 1.76 bits per heavy atom. The molecule has 2 amide bonds. The third-order valence-electron chi connectivity index (χ3n) is 11.5. The van der Waals surface area contributed by atoms with E-state index in [2.05, 4.69) is 47.7 Å². The van der Waals surface area contributed by atoms with Gasteiger partial charge in [-0.05, 0) is 61.9 Å². The van der Waals surface area contributed by atoms with Gasteiger partial charge in [0.1, 0.15) is 29.2 Å². The monoisotopic (exact) mass is 808 g/mol. The van der Waals surface area contributed by atoms with Gasteiger partial charge in [0.15, 0.2) is 5.65 Å². The molecule has 5 aromatic heterocycles. The number of anilines is 1. The summed E-state index contributed by atoms with van der Waals surface area (Å²) in [5.74, 6) is 0.117. The number of H-pyrrole nitrogens is 1. The standard InChI is InChI=1S/C44H44N10O4S/c1-24(2)39(43(57)54-16-7-9-36(54)42(56)48-25(3)27-11-13-28(14-12-27)40-26(4)47-23-59-40)38-19-34(52-58-38)29-20-45-44(46-21-29)53-17-15-33-32(22-53)31-18-35(50-51-41(31)49-33)30-8-5-6-10-37(30)55/h5-6,8,10-14,18-21,23-25,36,39,55H,7,9,15-17,22H2,1-4H3,(H,48,56)(H,49,51)/t25-,36-,39+/m0/s1. The molecule has 7 aromatic rings. The van der Waals surface area contributed by atoms with E-state index in [1.165, 1.54) is 0 Å². The molecule has 59 heavy (non-hydrogen) atoms. The van der Waals surface area contributed by atoms with E-state index in [9.17, 15) is 14.7 Å². The van der Waals surface area contributed by atoms with Crippen molar-refractivity contribution in [1.82, 2.24) is 45.5 Å². The van der Waals surface area contributed by atoms with Crippen LogP contribution in [-0.2, 0) is 22.6 Å². The normalized spacial score (nSPS) is 16.4. The lowest BCUT2D eigenvalue weighted by Crippen LogP contribution is -2.48. The van der Waals surface area contributed by atoms with Gasteiger partial charge in [0, 0.05) is 72.3 Å². The number of aromatic nitrogens is 7. The number of benzene rings is 2. The average Bonchev–Trinajstić information content (AvgIpc) is 4.08. The van der Waals surface area contributed by atoms with Crippen LogP contribution in [0.15, 0.2) is 83.1 Å². The van der Waals surface area contributed by atoms with Gasteiger partial charge in [0.2, 0.25) is 17.8 Å². The number of hydrogen-bond acceptors (Lipinski definition) is 12. The fraction of sp³-hybridized carbons (Fsp3) is 0.318. The second-order valence-electron chi connectivity index (χ2n) is 15.7. The van der Waals surface area contributed by atoms with Crippen LogP contribution in [0.2, 0.25) is 0 Å². The number of thiazole rings is 1. The van der Waals surface area contributed by atoms with Crippen molar-refractivity contribution in [2.24, 2.45) is 5.92 Å². The van der Waals surface area contributed by atoms with Crippen molar-refractivity contribution in [2.75, 3.05) is 18.0 Å². The molecule has 15 heteroatoms. The van der Waals surface area contributed by atoms with Gasteiger partial charge >= 0.3 is 0 Å². The Labute approximate surface area is 344 Å². The lowest BCUT2D eigenvalue weighted by atomic mass is 9.91. The Morgan fingerprint density at radius 1 is 0.966 bits per heavy atom. The molecule has 0 radical (unpaired) electrons. The van der Waals surface area contributed by atoms with E-state index >= 15 is 0 Å². The molecule has 2 aliphatic rings. The summed E-state index contributed by atoms with van der Waals surface area (Å²) in [6.07, 6.45) is 5.53. The predicted octanol–water partition coefficient (Wildman–Crippen LogP) is 7.38. The summed E-state index contributed by atoms with van der Waals surface area (Å²) in [5.41, 5.74) is 10.2. The van der Waals surface area contributed by atoms with E-state index in [-0.39, 0.29) is 29.5 Å². The molecule has 0 aliphatic carbocycles. The maximum absolute atomic E-state index is 14.3. The SMILES string of the molecule is Cc1ncsc1-c1ccc([C@H](C)NC(=O)[C@@H]2CCCN2C(=O)[C@@H](c2cc(-c3cnc(N4CCc5[nH]c6nnc(-c7ccccc7O)cc6c5C4)nc3)no2)C(C)C)cc1. The largest absolute Gasteiger partial charge is 0.507 e. The van der Waals surface area contributed by atoms with Gasteiger partial charge < -0.3 is 29.7 Å². The minimum absolute atomic E-state index is 0.111. The fourth-order valence-corrected chi connectivity index (χ4v) is 9.11. The molecule has 0 unspecified atom stereocenters. The molecule has 3 N–H and O–H groups in total. The van der Waals surface area contributed by atoms with Crippen LogP contribution < -0.4 is 10.2 Å². The topological polar surface area (TPSA) is 179 Å². The molecular weight excluding hydrogens is 765 g/mol. The summed E-state index contributed by atoms with van der Waals surface area (Å²) < 4.78 is 5.85. The molecule has 2 aromatic carbocycles. The molecule has 1 fully saturated rings. The molecule has 0 saturated carbocycles. The van der Waals surface area contributed by atoms with Gasteiger partial charge in [-0.3, -0.25) is 9.59 Å². The van der Waals surface area contributed by atoms with Gasteiger partial charge in [-0.2, -0.15) is 0 Å². The Kier molecular flexibility index (Phi) is 10.1. The molecular formula is C44H44N10O4S. The predicted molar refractivity (Wildman–Crippen MR) is 224 cm³/mol. The first kappa shape index (κ1) is 38.1. The molecule has 3 atom stereocenters. The number of rotatable bonds is 10. The first-order valence-electron chi connectivity index (χ1n) is 19.9. The lowest BCUT2D eigenvalue weighted by Gasteiger charge is -2.29. The highest BCUT2D eigenvalue weighted by molar-refractivity contribution is 7.13. The number of amides is 2. The number of nitrogens with zero attached hydrogens (tertiary/aromatic N) is 8. The Bertz CT molecular complexity index is 2650. The highest BCUT2D eigenvalue weighted by Crippen LogP contribution is 2.35. The molecule has 9 rings (SSSR count). The highest BCUT2D eigenvalue weighted by atomic mass is 32.1. The number of fused-ring (bicyclic) bond motifs is 3. The van der Waals surface area contributed by atoms with Gasteiger partial charge in [0.25, 0.3) is 0 Å². The van der Waals surface area contributed by atoms with Gasteiger partial charge in [0.05, 0.1) is 27.8 Å². The van der Waals surface area contributed by atoms with Gasteiger partial charge in [-0.1, -0.05) is 55.4 Å². The minimum atomic E-state index is -0.625. The first-order chi connectivity index (χ1) is 28.6. The van der Waals surface area contributed by atoms with Crippen molar-refractivity contribution in [2.45, 2.75) is 71.5 Å². The summed E-state index contributed by atoms with van der Waals surface area (Å²) in [4.78, 5) is 50.1. The number of nitrogens with one attached hydrogen (secondary N) is 2. The van der Waals surface area contributed by atoms with Crippen molar-refractivity contribution < 1.29 is 19.2 Å². The fourth-order valence-electron chi connectivity index (χ4n) is 8.30. The number of aromatic amines is 1. The zero-order valence-electron chi connectivity index (χ0n) is 33.2. The molecule has 300 valence electrons. The lowest BCUT2D eigenvalue weighted by molar-refractivity contribution is -0.141. The van der Waals surface area contributed by atoms with Crippen LogP contribution in [0, 0.1) is 12.8 Å². The summed E-state index contributed by atoms with van der Waals surface area (Å²) in [5, 5.41) is 27.6. The smallest absolute Gasteiger partial charge is 0.243 e. The quantitative estimate of drug-likeness (QED) is 0.126. The number of carbonyl (C=O) groups excluding carboxylic acids is 2. The zero-order valence-corrected chi connectivity index (χ0v) is 34.0. The third-order valence-corrected chi connectivity index (χ3v) is 12.5. The molecule has 14 nitrogen and oxygen atoms in total. The maximum atomic E-state index is 14.3. The average molecular weight is 809 g/mol. The first-order valence-corrected chi connectivity index (χ1v) is 20.8. The van der Waals surface area contributed by atoms with Crippen LogP contribution in [0.25, 0.3) is 44.0 Å². The summed E-state index contributed by atoms with van der Waals surface area (Å²) in [6.45, 7) is 9.69. The molecule has 2 aliphatic heterocycles. The van der Waals surface area contributed by atoms with Gasteiger partial charge in [-0.25, -0.2) is 15.0 Å². The van der Waals surface area contributed by atoms with E-state index in [1.807, 2.05) is 63.5 Å². The Hall–Kier alpha value is -6.48. The second kappa shape index (κ2) is 15.7. The number of hydrogen-bond donors (Lipinski definition) is 3. The number of carbonyl (C=O) groups is 2. The van der Waals surface area contributed by atoms with E-state index in [0.29, 0.717) is 65.9 Å². The molecule has 0 spiro atoms. The maximum Gasteiger partial charge on any atom is 0.243 e. The van der Waals surface area contributed by atoms with Gasteiger partial charge in [-0.15, -0.1) is 21.5 Å². The summed E-state index contributed by atoms with van der Waals surface area (Å²) in [6, 6.07) is 18.2. The van der Waals surface area contributed by atoms with Crippen molar-refractivity contribution in [1.29, 1.82) is 0 Å². The minimum Gasteiger partial charge on any atom is -0.507 e.